The van der Waals surface area contributed by atoms with Crippen LogP contribution in [0.4, 0.5) is 0 Å². The molecular weight excluding hydrogens is 302 g/mol. The second kappa shape index (κ2) is 8.82. The first-order valence-electron chi connectivity index (χ1n) is 8.23. The second-order valence-electron chi connectivity index (χ2n) is 5.36. The minimum Gasteiger partial charge on any atom is -0.352 e. The second-order valence-corrected chi connectivity index (χ2v) is 5.36. The molecule has 0 fully saturated rings. The molecule has 0 unspecified atom stereocenters. The minimum absolute atomic E-state index is 0.0596. The van der Waals surface area contributed by atoms with E-state index in [1.165, 1.54) is 6.08 Å². The Morgan fingerprint density at radius 1 is 1.17 bits per heavy atom. The molecule has 5 nitrogen and oxygen atoms in total. The van der Waals surface area contributed by atoms with Crippen LogP contribution in [-0.2, 0) is 9.59 Å². The van der Waals surface area contributed by atoms with Gasteiger partial charge in [0.15, 0.2) is 0 Å². The van der Waals surface area contributed by atoms with Crippen LogP contribution in [0.1, 0.15) is 25.8 Å². The van der Waals surface area contributed by atoms with Crippen molar-refractivity contribution < 1.29 is 9.59 Å². The molecule has 1 N–H and O–H groups in total. The van der Waals surface area contributed by atoms with Gasteiger partial charge >= 0.3 is 0 Å². The van der Waals surface area contributed by atoms with Crippen molar-refractivity contribution in [3.63, 3.8) is 0 Å². The molecule has 0 saturated carbocycles. The molecule has 0 bridgehead atoms. The zero-order chi connectivity index (χ0) is 17.4. The Labute approximate surface area is 142 Å². The van der Waals surface area contributed by atoms with Crippen LogP contribution < -0.4 is 5.32 Å². The standard InChI is InChI=1S/C19H23N3O2/c1-3-22(4-2)19(24)12-14-21-18(23)10-9-15-11-13-20-17-8-6-5-7-16(15)17/h5-11,13H,3-4,12,14H2,1-2H3,(H,21,23)/b10-9-. The molecule has 0 saturated heterocycles. The predicted molar refractivity (Wildman–Crippen MR) is 96.3 cm³/mol. The largest absolute Gasteiger partial charge is 0.352 e. The van der Waals surface area contributed by atoms with Crippen LogP contribution in [0.3, 0.4) is 0 Å². The Morgan fingerprint density at radius 3 is 2.67 bits per heavy atom. The molecule has 0 aliphatic rings. The number of amides is 2. The number of nitrogens with one attached hydrogen (secondary N) is 1. The highest BCUT2D eigenvalue weighted by atomic mass is 16.2. The lowest BCUT2D eigenvalue weighted by Gasteiger charge is -2.18. The molecule has 1 aromatic heterocycles. The molecule has 5 heteroatoms. The smallest absolute Gasteiger partial charge is 0.244 e. The number of hydrogen-bond donors (Lipinski definition) is 1. The number of carbonyl (C=O) groups excluding carboxylic acids is 2. The van der Waals surface area contributed by atoms with Gasteiger partial charge in [-0.05, 0) is 37.6 Å². The highest BCUT2D eigenvalue weighted by molar-refractivity contribution is 5.95. The van der Waals surface area contributed by atoms with E-state index in [1.54, 1.807) is 17.2 Å². The number of pyridine rings is 1. The fourth-order valence-electron chi connectivity index (χ4n) is 2.51. The molecule has 1 aromatic carbocycles. The van der Waals surface area contributed by atoms with Crippen LogP contribution in [0, 0.1) is 0 Å². The summed E-state index contributed by atoms with van der Waals surface area (Å²) in [5.74, 6) is -0.146. The molecule has 0 spiro atoms. The maximum absolute atomic E-state index is 11.9. The van der Waals surface area contributed by atoms with Crippen molar-refractivity contribution in [2.24, 2.45) is 0 Å². The van der Waals surface area contributed by atoms with Crippen LogP contribution in [-0.4, -0.2) is 41.3 Å². The first-order valence-corrected chi connectivity index (χ1v) is 8.23. The molecular formula is C19H23N3O2. The van der Waals surface area contributed by atoms with E-state index in [0.29, 0.717) is 26.1 Å². The lowest BCUT2D eigenvalue weighted by Crippen LogP contribution is -2.33. The number of rotatable bonds is 7. The van der Waals surface area contributed by atoms with E-state index >= 15 is 0 Å². The Balaban J connectivity index is 1.90. The Hall–Kier alpha value is -2.69. The number of benzene rings is 1. The first-order chi connectivity index (χ1) is 11.7. The van der Waals surface area contributed by atoms with Gasteiger partial charge in [0.25, 0.3) is 0 Å². The Kier molecular flexibility index (Phi) is 6.49. The van der Waals surface area contributed by atoms with Crippen LogP contribution in [0.25, 0.3) is 17.0 Å². The van der Waals surface area contributed by atoms with Gasteiger partial charge in [0.1, 0.15) is 0 Å². The molecule has 1 heterocycles. The highest BCUT2D eigenvalue weighted by Crippen LogP contribution is 2.17. The number of aromatic nitrogens is 1. The average Bonchev–Trinajstić information content (AvgIpc) is 2.61. The fourth-order valence-corrected chi connectivity index (χ4v) is 2.51. The Morgan fingerprint density at radius 2 is 1.92 bits per heavy atom. The summed E-state index contributed by atoms with van der Waals surface area (Å²) in [4.78, 5) is 29.8. The van der Waals surface area contributed by atoms with Crippen LogP contribution >= 0.6 is 0 Å². The average molecular weight is 325 g/mol. The summed E-state index contributed by atoms with van der Waals surface area (Å²) in [6.07, 6.45) is 5.30. The van der Waals surface area contributed by atoms with E-state index in [0.717, 1.165) is 16.5 Å². The highest BCUT2D eigenvalue weighted by Gasteiger charge is 2.09. The van der Waals surface area contributed by atoms with Crippen molar-refractivity contribution in [1.29, 1.82) is 0 Å². The number of carbonyl (C=O) groups is 2. The van der Waals surface area contributed by atoms with E-state index in [4.69, 9.17) is 0 Å². The topological polar surface area (TPSA) is 62.3 Å². The molecule has 0 aliphatic carbocycles. The van der Waals surface area contributed by atoms with Gasteiger partial charge in [0.2, 0.25) is 11.8 Å². The maximum atomic E-state index is 11.9. The number of para-hydroxylation sites is 1. The van der Waals surface area contributed by atoms with E-state index in [-0.39, 0.29) is 11.8 Å². The van der Waals surface area contributed by atoms with Crippen molar-refractivity contribution in [3.8, 4) is 0 Å². The van der Waals surface area contributed by atoms with E-state index in [1.807, 2.05) is 44.2 Å². The summed E-state index contributed by atoms with van der Waals surface area (Å²) in [5.41, 5.74) is 1.83. The molecule has 126 valence electrons. The molecule has 24 heavy (non-hydrogen) atoms. The number of fused-ring (bicyclic) bond motifs is 1. The third-order valence-electron chi connectivity index (χ3n) is 3.85. The van der Waals surface area contributed by atoms with Crippen molar-refractivity contribution in [1.82, 2.24) is 15.2 Å². The van der Waals surface area contributed by atoms with Crippen molar-refractivity contribution in [3.05, 3.63) is 48.2 Å². The summed E-state index contributed by atoms with van der Waals surface area (Å²) in [5, 5.41) is 3.75. The van der Waals surface area contributed by atoms with Gasteiger partial charge in [-0.3, -0.25) is 14.6 Å². The van der Waals surface area contributed by atoms with Gasteiger partial charge < -0.3 is 10.2 Å². The zero-order valence-electron chi connectivity index (χ0n) is 14.2. The van der Waals surface area contributed by atoms with Crippen LogP contribution in [0.5, 0.6) is 0 Å². The summed E-state index contributed by atoms with van der Waals surface area (Å²) in [6.45, 7) is 5.62. The summed E-state index contributed by atoms with van der Waals surface area (Å²) >= 11 is 0. The summed E-state index contributed by atoms with van der Waals surface area (Å²) < 4.78 is 0. The molecule has 2 rings (SSSR count). The van der Waals surface area contributed by atoms with E-state index in [9.17, 15) is 9.59 Å². The van der Waals surface area contributed by atoms with Gasteiger partial charge in [0.05, 0.1) is 5.52 Å². The SMILES string of the molecule is CCN(CC)C(=O)CCNC(=O)/C=C\c1ccnc2ccccc12. The van der Waals surface area contributed by atoms with Crippen molar-refractivity contribution >= 4 is 28.8 Å². The van der Waals surface area contributed by atoms with Crippen molar-refractivity contribution in [2.45, 2.75) is 20.3 Å². The first kappa shape index (κ1) is 17.7. The van der Waals surface area contributed by atoms with Gasteiger partial charge in [-0.25, -0.2) is 0 Å². The minimum atomic E-state index is -0.205. The van der Waals surface area contributed by atoms with E-state index in [2.05, 4.69) is 10.3 Å². The predicted octanol–water partition coefficient (Wildman–Crippen LogP) is 2.62. The third kappa shape index (κ3) is 4.65. The zero-order valence-corrected chi connectivity index (χ0v) is 14.2. The fraction of sp³-hybridized carbons (Fsp3) is 0.316. The van der Waals surface area contributed by atoms with Crippen LogP contribution in [0.2, 0.25) is 0 Å². The molecule has 0 radical (unpaired) electrons. The Bertz CT molecular complexity index is 731. The molecule has 2 aromatic rings. The number of nitrogens with zero attached hydrogens (tertiary/aromatic N) is 2. The monoisotopic (exact) mass is 325 g/mol. The molecule has 2 amide bonds. The third-order valence-corrected chi connectivity index (χ3v) is 3.85. The summed E-state index contributed by atoms with van der Waals surface area (Å²) in [7, 11) is 0. The van der Waals surface area contributed by atoms with Gasteiger partial charge in [0, 0.05) is 43.7 Å². The van der Waals surface area contributed by atoms with Gasteiger partial charge in [-0.15, -0.1) is 0 Å². The van der Waals surface area contributed by atoms with Gasteiger partial charge in [-0.1, -0.05) is 18.2 Å². The van der Waals surface area contributed by atoms with Crippen LogP contribution in [0.15, 0.2) is 42.6 Å². The molecule has 0 aliphatic heterocycles. The quantitative estimate of drug-likeness (QED) is 0.796. The lowest BCUT2D eigenvalue weighted by molar-refractivity contribution is -0.130. The van der Waals surface area contributed by atoms with Gasteiger partial charge in [-0.2, -0.15) is 0 Å². The van der Waals surface area contributed by atoms with E-state index < -0.39 is 0 Å². The summed E-state index contributed by atoms with van der Waals surface area (Å²) in [6, 6.07) is 9.66. The van der Waals surface area contributed by atoms with Crippen molar-refractivity contribution in [2.75, 3.05) is 19.6 Å². The maximum Gasteiger partial charge on any atom is 0.244 e. The lowest BCUT2D eigenvalue weighted by atomic mass is 10.1. The molecule has 0 atom stereocenters. The number of hydrogen-bond acceptors (Lipinski definition) is 3. The normalized spacial score (nSPS) is 10.9.